The Balaban J connectivity index is 1.34. The van der Waals surface area contributed by atoms with Gasteiger partial charge in [-0.25, -0.2) is 0 Å². The lowest BCUT2D eigenvalue weighted by Crippen LogP contribution is -2.48. The number of pyridine rings is 1. The Hall–Kier alpha value is -1.95. The zero-order valence-corrected chi connectivity index (χ0v) is 15.2. The molecule has 0 radical (unpaired) electrons. The van der Waals surface area contributed by atoms with Gasteiger partial charge in [-0.1, -0.05) is 6.07 Å². The number of carbonyl (C=O) groups is 2. The molecule has 0 aliphatic carbocycles. The predicted octanol–water partition coefficient (Wildman–Crippen LogP) is 1.85. The van der Waals surface area contributed by atoms with E-state index in [9.17, 15) is 9.59 Å². The Morgan fingerprint density at radius 3 is 2.58 bits per heavy atom. The molecule has 0 aromatic carbocycles. The molecular formula is C20H27N3O3. The van der Waals surface area contributed by atoms with Crippen LogP contribution in [0.15, 0.2) is 24.4 Å². The second-order valence-corrected chi connectivity index (χ2v) is 7.79. The minimum Gasteiger partial charge on any atom is -0.381 e. The van der Waals surface area contributed by atoms with E-state index in [-0.39, 0.29) is 23.1 Å². The molecular weight excluding hydrogens is 330 g/mol. The fourth-order valence-corrected chi connectivity index (χ4v) is 4.55. The molecule has 2 amide bonds. The largest absolute Gasteiger partial charge is 0.381 e. The number of ether oxygens (including phenoxy) is 1. The summed E-state index contributed by atoms with van der Waals surface area (Å²) in [7, 11) is 0. The van der Waals surface area contributed by atoms with Crippen molar-refractivity contribution in [1.29, 1.82) is 0 Å². The van der Waals surface area contributed by atoms with Crippen molar-refractivity contribution in [2.75, 3.05) is 32.8 Å². The van der Waals surface area contributed by atoms with Crippen LogP contribution < -0.4 is 0 Å². The van der Waals surface area contributed by atoms with Gasteiger partial charge in [-0.2, -0.15) is 0 Å². The monoisotopic (exact) mass is 357 g/mol. The van der Waals surface area contributed by atoms with Gasteiger partial charge in [0.25, 0.3) is 0 Å². The summed E-state index contributed by atoms with van der Waals surface area (Å²) in [6, 6.07) is 5.81. The van der Waals surface area contributed by atoms with Gasteiger partial charge in [0.2, 0.25) is 11.8 Å². The summed E-state index contributed by atoms with van der Waals surface area (Å²) in [5.41, 5.74) is 0.673. The third kappa shape index (κ3) is 3.34. The summed E-state index contributed by atoms with van der Waals surface area (Å²) in [5.74, 6) is 0.623. The van der Waals surface area contributed by atoms with Crippen LogP contribution in [0.2, 0.25) is 0 Å². The molecule has 1 aromatic heterocycles. The number of nitrogens with zero attached hydrogens (tertiary/aromatic N) is 3. The average Bonchev–Trinajstić information content (AvgIpc) is 2.99. The first kappa shape index (κ1) is 17.5. The van der Waals surface area contributed by atoms with Crippen molar-refractivity contribution in [2.24, 2.45) is 11.3 Å². The van der Waals surface area contributed by atoms with Crippen molar-refractivity contribution in [1.82, 2.24) is 14.8 Å². The molecule has 3 fully saturated rings. The minimum absolute atomic E-state index is 0.109. The van der Waals surface area contributed by atoms with Crippen molar-refractivity contribution in [3.8, 4) is 0 Å². The zero-order valence-electron chi connectivity index (χ0n) is 15.2. The Bertz CT molecular complexity index is 650. The highest BCUT2D eigenvalue weighted by molar-refractivity contribution is 5.85. The van der Waals surface area contributed by atoms with E-state index in [0.29, 0.717) is 32.8 Å². The van der Waals surface area contributed by atoms with E-state index in [2.05, 4.69) is 4.98 Å². The smallest absolute Gasteiger partial charge is 0.229 e. The van der Waals surface area contributed by atoms with E-state index in [0.717, 1.165) is 44.3 Å². The molecule has 0 saturated carbocycles. The van der Waals surface area contributed by atoms with E-state index in [1.165, 1.54) is 0 Å². The van der Waals surface area contributed by atoms with Gasteiger partial charge in [-0.3, -0.25) is 14.6 Å². The normalized spacial score (nSPS) is 23.6. The summed E-state index contributed by atoms with van der Waals surface area (Å²) in [6.07, 6.45) is 5.91. The van der Waals surface area contributed by atoms with Gasteiger partial charge in [0, 0.05) is 45.0 Å². The fourth-order valence-electron chi connectivity index (χ4n) is 4.55. The number of piperidine rings is 1. The maximum Gasteiger partial charge on any atom is 0.229 e. The molecule has 6 nitrogen and oxygen atoms in total. The third-order valence-electron chi connectivity index (χ3n) is 6.28. The van der Waals surface area contributed by atoms with Crippen LogP contribution in [-0.2, 0) is 20.9 Å². The van der Waals surface area contributed by atoms with Crippen molar-refractivity contribution in [2.45, 2.75) is 38.6 Å². The quantitative estimate of drug-likeness (QED) is 0.828. The zero-order chi connectivity index (χ0) is 18.0. The first-order valence-electron chi connectivity index (χ1n) is 9.74. The lowest BCUT2D eigenvalue weighted by Gasteiger charge is -2.39. The first-order valence-corrected chi connectivity index (χ1v) is 9.74. The highest BCUT2D eigenvalue weighted by Crippen LogP contribution is 2.42. The molecule has 3 aliphatic rings. The summed E-state index contributed by atoms with van der Waals surface area (Å²) in [5, 5.41) is 0. The second kappa shape index (κ2) is 7.35. The molecule has 4 heterocycles. The third-order valence-corrected chi connectivity index (χ3v) is 6.28. The maximum absolute atomic E-state index is 13.0. The van der Waals surface area contributed by atoms with E-state index < -0.39 is 0 Å². The SMILES string of the molecule is O=C(C1CCOCC1)N1CCC2(CC1)CCN(Cc1ccccn1)C2=O. The lowest BCUT2D eigenvalue weighted by molar-refractivity contribution is -0.146. The number of aromatic nitrogens is 1. The Labute approximate surface area is 154 Å². The molecule has 140 valence electrons. The number of hydrogen-bond acceptors (Lipinski definition) is 4. The summed E-state index contributed by atoms with van der Waals surface area (Å²) >= 11 is 0. The molecule has 0 atom stereocenters. The number of amides is 2. The van der Waals surface area contributed by atoms with E-state index in [1.54, 1.807) is 6.20 Å². The van der Waals surface area contributed by atoms with Crippen LogP contribution in [0, 0.1) is 11.3 Å². The molecule has 26 heavy (non-hydrogen) atoms. The Morgan fingerprint density at radius 2 is 1.88 bits per heavy atom. The molecule has 6 heteroatoms. The van der Waals surface area contributed by atoms with E-state index >= 15 is 0 Å². The van der Waals surface area contributed by atoms with Gasteiger partial charge in [0.15, 0.2) is 0 Å². The van der Waals surface area contributed by atoms with Crippen molar-refractivity contribution in [3.63, 3.8) is 0 Å². The van der Waals surface area contributed by atoms with Crippen molar-refractivity contribution >= 4 is 11.8 Å². The molecule has 3 saturated heterocycles. The van der Waals surface area contributed by atoms with Gasteiger partial charge in [-0.15, -0.1) is 0 Å². The van der Waals surface area contributed by atoms with Crippen LogP contribution in [0.1, 0.15) is 37.8 Å². The van der Waals surface area contributed by atoms with Crippen LogP contribution in [0.4, 0.5) is 0 Å². The molecule has 0 bridgehead atoms. The lowest BCUT2D eigenvalue weighted by atomic mass is 9.76. The molecule has 4 rings (SSSR count). The number of hydrogen-bond donors (Lipinski definition) is 0. The van der Waals surface area contributed by atoms with Crippen molar-refractivity contribution < 1.29 is 14.3 Å². The van der Waals surface area contributed by atoms with Crippen LogP contribution in [0.25, 0.3) is 0 Å². The summed E-state index contributed by atoms with van der Waals surface area (Å²) in [6.45, 7) is 4.18. The van der Waals surface area contributed by atoms with Gasteiger partial charge < -0.3 is 14.5 Å². The standard InChI is InChI=1S/C20H27N3O3/c24-18(16-4-13-26-14-5-16)22-10-6-20(7-11-22)8-12-23(19(20)25)15-17-3-1-2-9-21-17/h1-3,9,16H,4-8,10-15H2. The fraction of sp³-hybridized carbons (Fsp3) is 0.650. The highest BCUT2D eigenvalue weighted by Gasteiger charge is 2.48. The second-order valence-electron chi connectivity index (χ2n) is 7.79. The molecule has 3 aliphatic heterocycles. The maximum atomic E-state index is 13.0. The van der Waals surface area contributed by atoms with Gasteiger partial charge in [-0.05, 0) is 44.2 Å². The number of rotatable bonds is 3. The summed E-state index contributed by atoms with van der Waals surface area (Å²) in [4.78, 5) is 34.0. The van der Waals surface area contributed by atoms with Gasteiger partial charge >= 0.3 is 0 Å². The first-order chi connectivity index (χ1) is 12.7. The topological polar surface area (TPSA) is 62.7 Å². The van der Waals surface area contributed by atoms with Gasteiger partial charge in [0.05, 0.1) is 17.7 Å². The predicted molar refractivity (Wildman–Crippen MR) is 96.1 cm³/mol. The molecule has 0 N–H and O–H groups in total. The molecule has 1 spiro atoms. The van der Waals surface area contributed by atoms with Crippen LogP contribution >= 0.6 is 0 Å². The van der Waals surface area contributed by atoms with Crippen LogP contribution in [0.5, 0.6) is 0 Å². The Kier molecular flexibility index (Phi) is 4.94. The van der Waals surface area contributed by atoms with Crippen LogP contribution in [-0.4, -0.2) is 59.4 Å². The summed E-state index contributed by atoms with van der Waals surface area (Å²) < 4.78 is 5.36. The number of carbonyl (C=O) groups excluding carboxylic acids is 2. The molecule has 0 unspecified atom stereocenters. The number of likely N-dealkylation sites (tertiary alicyclic amines) is 2. The Morgan fingerprint density at radius 1 is 1.15 bits per heavy atom. The van der Waals surface area contributed by atoms with E-state index in [1.807, 2.05) is 28.0 Å². The van der Waals surface area contributed by atoms with Gasteiger partial charge in [0.1, 0.15) is 0 Å². The van der Waals surface area contributed by atoms with E-state index in [4.69, 9.17) is 4.74 Å². The minimum atomic E-state index is -0.263. The van der Waals surface area contributed by atoms with Crippen LogP contribution in [0.3, 0.4) is 0 Å². The average molecular weight is 357 g/mol. The van der Waals surface area contributed by atoms with Crippen molar-refractivity contribution in [3.05, 3.63) is 30.1 Å². The molecule has 1 aromatic rings. The highest BCUT2D eigenvalue weighted by atomic mass is 16.5.